The van der Waals surface area contributed by atoms with Crippen LogP contribution < -0.4 is 0 Å². The van der Waals surface area contributed by atoms with E-state index >= 15 is 0 Å². The Bertz CT molecular complexity index is 2040. The number of fused-ring (bicyclic) bond motifs is 2. The molecule has 8 rings (SSSR count). The fourth-order valence-corrected chi connectivity index (χ4v) is 11.2. The van der Waals surface area contributed by atoms with E-state index in [0.717, 1.165) is 9.52 Å². The van der Waals surface area contributed by atoms with Gasteiger partial charge in [-0.05, 0) is 131 Å². The van der Waals surface area contributed by atoms with Crippen molar-refractivity contribution in [2.24, 2.45) is 0 Å². The summed E-state index contributed by atoms with van der Waals surface area (Å²) in [6, 6.07) is 43.2. The number of aryl methyl sites for hydroxylation is 4. The van der Waals surface area contributed by atoms with Crippen molar-refractivity contribution in [3.63, 3.8) is 0 Å². The zero-order chi connectivity index (χ0) is 34.8. The molecule has 0 bridgehead atoms. The fraction of sp³-hybridized carbons (Fsp3) is 0.182. The first-order valence-electron chi connectivity index (χ1n) is 17.0. The van der Waals surface area contributed by atoms with Crippen molar-refractivity contribution >= 4 is 72.5 Å². The van der Waals surface area contributed by atoms with E-state index in [1.807, 2.05) is 22.7 Å². The van der Waals surface area contributed by atoms with Gasteiger partial charge in [0.05, 0.1) is 0 Å². The molecule has 6 heteroatoms. The van der Waals surface area contributed by atoms with E-state index in [1.54, 1.807) is 0 Å². The predicted molar refractivity (Wildman–Crippen MR) is 220 cm³/mol. The van der Waals surface area contributed by atoms with Crippen LogP contribution >= 0.6 is 39.7 Å². The number of allylic oxidation sites excluding steroid dienone is 2. The molecule has 50 heavy (non-hydrogen) atoms. The van der Waals surface area contributed by atoms with E-state index in [4.69, 9.17) is 17.0 Å². The molecular weight excluding hydrogens is 783 g/mol. The zero-order valence-corrected chi connectivity index (χ0v) is 35.3. The summed E-state index contributed by atoms with van der Waals surface area (Å²) in [5.41, 5.74) is 17.0. The molecule has 0 saturated heterocycles. The SMILES string of the molecule is Cc1ccc(C2=Cc3c(ccc(C)c3-c3ccccc3)C2C[Si]CC2C(c3ccc(C)s3)=Cc3c2ccc(C)c3-c2ccccc2)s1.[Cl][Zr][Cl]. The first-order valence-corrected chi connectivity index (χ1v) is 26.4. The van der Waals surface area contributed by atoms with Gasteiger partial charge in [0.25, 0.3) is 0 Å². The Morgan fingerprint density at radius 2 is 0.940 bits per heavy atom. The summed E-state index contributed by atoms with van der Waals surface area (Å²) in [6.07, 6.45) is 5.06. The van der Waals surface area contributed by atoms with E-state index in [9.17, 15) is 0 Å². The molecule has 2 atom stereocenters. The zero-order valence-electron chi connectivity index (χ0n) is 28.7. The summed E-state index contributed by atoms with van der Waals surface area (Å²) < 4.78 is 0. The third kappa shape index (κ3) is 7.23. The second-order valence-corrected chi connectivity index (χ2v) is 20.7. The summed E-state index contributed by atoms with van der Waals surface area (Å²) in [5.74, 6) is 0.833. The summed E-state index contributed by atoms with van der Waals surface area (Å²) in [7, 11) is 10.7. The number of halogens is 2. The molecule has 0 saturated carbocycles. The van der Waals surface area contributed by atoms with Crippen molar-refractivity contribution < 1.29 is 20.8 Å². The number of rotatable bonds is 8. The quantitative estimate of drug-likeness (QED) is 0.134. The summed E-state index contributed by atoms with van der Waals surface area (Å²) in [6.45, 7) is 9.00. The Kier molecular flexibility index (Phi) is 11.5. The van der Waals surface area contributed by atoms with E-state index in [0.29, 0.717) is 11.8 Å². The van der Waals surface area contributed by atoms with Gasteiger partial charge in [0, 0.05) is 40.9 Å². The van der Waals surface area contributed by atoms with E-state index in [2.05, 4.69) is 149 Å². The number of hydrogen-bond acceptors (Lipinski definition) is 2. The second kappa shape index (κ2) is 16.0. The van der Waals surface area contributed by atoms with Crippen LogP contribution in [0.4, 0.5) is 0 Å². The maximum atomic E-state index is 4.93. The van der Waals surface area contributed by atoms with Gasteiger partial charge in [-0.25, -0.2) is 0 Å². The van der Waals surface area contributed by atoms with Crippen LogP contribution in [0.3, 0.4) is 0 Å². The number of benzene rings is 4. The fourth-order valence-electron chi connectivity index (χ4n) is 7.71. The van der Waals surface area contributed by atoms with Gasteiger partial charge in [-0.1, -0.05) is 97.0 Å². The minimum atomic E-state index is -0.826. The molecule has 248 valence electrons. The van der Waals surface area contributed by atoms with Crippen LogP contribution in [0.25, 0.3) is 45.6 Å². The van der Waals surface area contributed by atoms with Crippen molar-refractivity contribution in [2.75, 3.05) is 0 Å². The van der Waals surface area contributed by atoms with Gasteiger partial charge in [0.15, 0.2) is 0 Å². The van der Waals surface area contributed by atoms with E-state index in [1.165, 1.54) is 98.4 Å². The Balaban J connectivity index is 0.00000126. The Morgan fingerprint density at radius 1 is 0.540 bits per heavy atom. The number of hydrogen-bond donors (Lipinski definition) is 0. The van der Waals surface area contributed by atoms with Gasteiger partial charge in [-0.2, -0.15) is 0 Å². The summed E-state index contributed by atoms with van der Waals surface area (Å²) >= 11 is 3.06. The van der Waals surface area contributed by atoms with Crippen LogP contribution in [-0.4, -0.2) is 9.52 Å². The van der Waals surface area contributed by atoms with Gasteiger partial charge in [-0.3, -0.25) is 0 Å². The molecule has 2 radical (unpaired) electrons. The molecule has 0 nitrogen and oxygen atoms in total. The first-order chi connectivity index (χ1) is 24.4. The summed E-state index contributed by atoms with van der Waals surface area (Å²) in [5, 5.41) is 0. The van der Waals surface area contributed by atoms with Crippen molar-refractivity contribution in [3.8, 4) is 22.3 Å². The molecule has 2 aliphatic rings. The third-order valence-electron chi connectivity index (χ3n) is 9.95. The van der Waals surface area contributed by atoms with Crippen LogP contribution in [0.15, 0.2) is 109 Å². The van der Waals surface area contributed by atoms with Crippen molar-refractivity contribution in [1.82, 2.24) is 0 Å². The average molecular weight is 821 g/mol. The van der Waals surface area contributed by atoms with Crippen LogP contribution in [0.5, 0.6) is 0 Å². The molecule has 0 fully saturated rings. The molecule has 2 unspecified atom stereocenters. The van der Waals surface area contributed by atoms with Crippen molar-refractivity contribution in [1.29, 1.82) is 0 Å². The van der Waals surface area contributed by atoms with Crippen LogP contribution in [0.1, 0.15) is 64.7 Å². The molecular formula is C44H38Cl2S2SiZr. The van der Waals surface area contributed by atoms with E-state index in [-0.39, 0.29) is 0 Å². The van der Waals surface area contributed by atoms with Crippen molar-refractivity contribution in [2.45, 2.75) is 51.6 Å². The maximum absolute atomic E-state index is 4.93. The number of thiophene rings is 2. The Morgan fingerprint density at radius 3 is 1.30 bits per heavy atom. The molecule has 4 aromatic carbocycles. The second-order valence-electron chi connectivity index (χ2n) is 13.1. The van der Waals surface area contributed by atoms with Gasteiger partial charge >= 0.3 is 37.9 Å². The molecule has 0 amide bonds. The monoisotopic (exact) mass is 818 g/mol. The summed E-state index contributed by atoms with van der Waals surface area (Å²) in [4.78, 5) is 5.61. The van der Waals surface area contributed by atoms with Gasteiger partial charge in [0.2, 0.25) is 0 Å². The topological polar surface area (TPSA) is 0 Å². The van der Waals surface area contributed by atoms with Crippen LogP contribution in [-0.2, 0) is 20.8 Å². The molecule has 2 aromatic heterocycles. The Labute approximate surface area is 326 Å². The standard InChI is InChI=1S/C44H38S2Si.2ClH.Zr/c1-27-15-19-33-37(43(27)31-11-7-5-8-12-31)23-35(41-21-17-29(3)45-41)39(33)25-47-26-40-34-20-16-28(2)44(32-13-9-6-10-14-32)38(34)24-36(40)42-22-18-30(4)46-42;;;/h5-24,39-40H,25-26H2,1-4H3;2*1H;/q;;;+2/p-2. The van der Waals surface area contributed by atoms with Crippen LogP contribution in [0.2, 0.25) is 12.1 Å². The van der Waals surface area contributed by atoms with E-state index < -0.39 is 20.8 Å². The molecule has 0 spiro atoms. The van der Waals surface area contributed by atoms with Crippen molar-refractivity contribution in [3.05, 3.63) is 162 Å². The normalized spacial score (nSPS) is 15.9. The predicted octanol–water partition coefficient (Wildman–Crippen LogP) is 14.3. The molecule has 0 N–H and O–H groups in total. The molecule has 6 aromatic rings. The minimum absolute atomic E-state index is 0.416. The first kappa shape index (κ1) is 35.8. The van der Waals surface area contributed by atoms with Gasteiger partial charge in [0.1, 0.15) is 0 Å². The third-order valence-corrected chi connectivity index (χ3v) is 13.4. The molecule has 0 aliphatic heterocycles. The van der Waals surface area contributed by atoms with Crippen LogP contribution in [0, 0.1) is 27.7 Å². The Hall–Kier alpha value is -2.56. The molecule has 2 heterocycles. The molecule has 2 aliphatic carbocycles. The van der Waals surface area contributed by atoms with Gasteiger partial charge in [-0.15, -0.1) is 22.7 Å². The van der Waals surface area contributed by atoms with Gasteiger partial charge < -0.3 is 0 Å². The average Bonchev–Trinajstić information content (AvgIpc) is 3.91.